The molecule has 0 radical (unpaired) electrons. The van der Waals surface area contributed by atoms with Crippen LogP contribution in [0.15, 0.2) is 56.7 Å². The first kappa shape index (κ1) is 14.2. The Kier molecular flexibility index (Phi) is 4.49. The molecule has 1 aliphatic carbocycles. The van der Waals surface area contributed by atoms with Crippen LogP contribution in [0.2, 0.25) is 0 Å². The van der Waals surface area contributed by atoms with Gasteiger partial charge in [-0.25, -0.2) is 0 Å². The molecule has 0 atom stereocenters. The van der Waals surface area contributed by atoms with E-state index in [1.165, 1.54) is 38.2 Å². The summed E-state index contributed by atoms with van der Waals surface area (Å²) < 4.78 is 1.20. The minimum absolute atomic E-state index is 0.753. The van der Waals surface area contributed by atoms with Crippen molar-refractivity contribution in [1.29, 1.82) is 0 Å². The molecule has 0 heterocycles. The molecule has 1 saturated carbocycles. The number of halogens is 1. The Morgan fingerprint density at radius 2 is 1.95 bits per heavy atom. The zero-order valence-electron chi connectivity index (χ0n) is 11.5. The summed E-state index contributed by atoms with van der Waals surface area (Å²) in [7, 11) is 0. The van der Waals surface area contributed by atoms with Gasteiger partial charge in [-0.3, -0.25) is 0 Å². The van der Waals surface area contributed by atoms with Crippen molar-refractivity contribution in [2.45, 2.75) is 42.1 Å². The number of hydrogen-bond donors (Lipinski definition) is 1. The van der Waals surface area contributed by atoms with Gasteiger partial charge in [0.15, 0.2) is 0 Å². The number of benzene rings is 2. The topological polar surface area (TPSA) is 12.0 Å². The Morgan fingerprint density at radius 3 is 2.65 bits per heavy atom. The van der Waals surface area contributed by atoms with Crippen molar-refractivity contribution >= 4 is 27.7 Å². The fourth-order valence-electron chi connectivity index (χ4n) is 2.09. The van der Waals surface area contributed by atoms with E-state index in [0.29, 0.717) is 0 Å². The number of hydrogen-bond acceptors (Lipinski definition) is 2. The highest BCUT2D eigenvalue weighted by Gasteiger charge is 2.20. The average Bonchev–Trinajstić information content (AvgIpc) is 3.22. The molecule has 0 aromatic heterocycles. The summed E-state index contributed by atoms with van der Waals surface area (Å²) in [4.78, 5) is 2.57. The van der Waals surface area contributed by atoms with Gasteiger partial charge in [-0.1, -0.05) is 51.5 Å². The molecule has 1 aliphatic rings. The van der Waals surface area contributed by atoms with Crippen molar-refractivity contribution in [3.8, 4) is 0 Å². The number of nitrogens with one attached hydrogen (secondary N) is 1. The van der Waals surface area contributed by atoms with E-state index in [1.54, 1.807) is 0 Å². The molecule has 2 aromatic rings. The van der Waals surface area contributed by atoms with Gasteiger partial charge in [-0.05, 0) is 49.6 Å². The van der Waals surface area contributed by atoms with Gasteiger partial charge in [-0.15, -0.1) is 0 Å². The predicted molar refractivity (Wildman–Crippen MR) is 89.3 cm³/mol. The molecule has 20 heavy (non-hydrogen) atoms. The molecule has 2 aromatic carbocycles. The average molecular weight is 348 g/mol. The third kappa shape index (κ3) is 3.87. The zero-order chi connectivity index (χ0) is 13.9. The lowest BCUT2D eigenvalue weighted by Gasteiger charge is -2.08. The summed E-state index contributed by atoms with van der Waals surface area (Å²) in [5, 5.41) is 3.55. The minimum atomic E-state index is 0.753. The molecule has 0 aliphatic heterocycles. The molecule has 0 saturated heterocycles. The first-order valence-corrected chi connectivity index (χ1v) is 8.58. The second-order valence-electron chi connectivity index (χ2n) is 5.33. The van der Waals surface area contributed by atoms with Crippen molar-refractivity contribution < 1.29 is 0 Å². The van der Waals surface area contributed by atoms with Gasteiger partial charge in [0, 0.05) is 26.9 Å². The molecule has 0 spiro atoms. The normalized spacial score (nSPS) is 14.5. The van der Waals surface area contributed by atoms with Crippen LogP contribution in [-0.2, 0) is 6.54 Å². The smallest absolute Gasteiger partial charge is 0.0231 e. The fourth-order valence-corrected chi connectivity index (χ4v) is 3.74. The second-order valence-corrected chi connectivity index (χ2v) is 7.33. The lowest BCUT2D eigenvalue weighted by atomic mass is 10.2. The van der Waals surface area contributed by atoms with Crippen molar-refractivity contribution in [3.05, 3.63) is 58.1 Å². The lowest BCUT2D eigenvalue weighted by Crippen LogP contribution is -2.15. The SMILES string of the molecule is Cc1cccc(Sc2ccc(CNC3CC3)c(Br)c2)c1. The van der Waals surface area contributed by atoms with E-state index in [9.17, 15) is 0 Å². The Bertz CT molecular complexity index is 608. The lowest BCUT2D eigenvalue weighted by molar-refractivity contribution is 0.685. The third-order valence-corrected chi connectivity index (χ3v) is 5.13. The minimum Gasteiger partial charge on any atom is -0.310 e. The van der Waals surface area contributed by atoms with Crippen molar-refractivity contribution in [3.63, 3.8) is 0 Å². The van der Waals surface area contributed by atoms with Gasteiger partial charge >= 0.3 is 0 Å². The van der Waals surface area contributed by atoms with Gasteiger partial charge in [0.1, 0.15) is 0 Å². The molecule has 3 rings (SSSR count). The predicted octanol–water partition coefficient (Wildman–Crippen LogP) is 5.16. The summed E-state index contributed by atoms with van der Waals surface area (Å²) in [5.74, 6) is 0. The van der Waals surface area contributed by atoms with Crippen molar-refractivity contribution in [2.75, 3.05) is 0 Å². The zero-order valence-corrected chi connectivity index (χ0v) is 13.9. The number of aryl methyl sites for hydroxylation is 1. The van der Waals surface area contributed by atoms with E-state index >= 15 is 0 Å². The molecule has 104 valence electrons. The highest BCUT2D eigenvalue weighted by molar-refractivity contribution is 9.10. The van der Waals surface area contributed by atoms with Crippen molar-refractivity contribution in [1.82, 2.24) is 5.32 Å². The van der Waals surface area contributed by atoms with Gasteiger partial charge in [-0.2, -0.15) is 0 Å². The van der Waals surface area contributed by atoms with E-state index in [2.05, 4.69) is 70.6 Å². The van der Waals surface area contributed by atoms with Crippen LogP contribution in [0, 0.1) is 6.92 Å². The van der Waals surface area contributed by atoms with Crippen LogP contribution in [0.3, 0.4) is 0 Å². The van der Waals surface area contributed by atoms with Crippen molar-refractivity contribution in [2.24, 2.45) is 0 Å². The maximum atomic E-state index is 3.69. The summed E-state index contributed by atoms with van der Waals surface area (Å²) in [6.07, 6.45) is 2.66. The molecular formula is C17H18BrNS. The third-order valence-electron chi connectivity index (χ3n) is 3.41. The first-order chi connectivity index (χ1) is 9.70. The molecule has 0 amide bonds. The first-order valence-electron chi connectivity index (χ1n) is 6.97. The van der Waals surface area contributed by atoms with Crippen LogP contribution in [-0.4, -0.2) is 6.04 Å². The maximum absolute atomic E-state index is 3.69. The van der Waals surface area contributed by atoms with Gasteiger partial charge < -0.3 is 5.32 Å². The van der Waals surface area contributed by atoms with E-state index < -0.39 is 0 Å². The molecule has 1 fully saturated rings. The van der Waals surface area contributed by atoms with Crippen LogP contribution < -0.4 is 5.32 Å². The quantitative estimate of drug-likeness (QED) is 0.801. The van der Waals surface area contributed by atoms with E-state index in [0.717, 1.165) is 12.6 Å². The monoisotopic (exact) mass is 347 g/mol. The van der Waals surface area contributed by atoms with E-state index in [4.69, 9.17) is 0 Å². The largest absolute Gasteiger partial charge is 0.310 e. The Morgan fingerprint density at radius 1 is 1.15 bits per heavy atom. The van der Waals surface area contributed by atoms with Gasteiger partial charge in [0.05, 0.1) is 0 Å². The number of rotatable bonds is 5. The Balaban J connectivity index is 1.69. The highest BCUT2D eigenvalue weighted by atomic mass is 79.9. The summed E-state index contributed by atoms with van der Waals surface area (Å²) >= 11 is 5.50. The summed E-state index contributed by atoms with van der Waals surface area (Å²) in [6, 6.07) is 16.0. The highest BCUT2D eigenvalue weighted by Crippen LogP contribution is 2.31. The van der Waals surface area contributed by atoms with Crippen LogP contribution in [0.4, 0.5) is 0 Å². The molecule has 3 heteroatoms. The summed E-state index contributed by atoms with van der Waals surface area (Å²) in [6.45, 7) is 3.09. The van der Waals surface area contributed by atoms with E-state index in [-0.39, 0.29) is 0 Å². The summed E-state index contributed by atoms with van der Waals surface area (Å²) in [5.41, 5.74) is 2.64. The second kappa shape index (κ2) is 6.33. The Labute approximate surface area is 133 Å². The molecule has 1 nitrogen and oxygen atoms in total. The van der Waals surface area contributed by atoms with Crippen LogP contribution in [0.1, 0.15) is 24.0 Å². The molecule has 1 N–H and O–H groups in total. The Hall–Kier alpha value is -0.770. The van der Waals surface area contributed by atoms with Gasteiger partial charge in [0.25, 0.3) is 0 Å². The molecule has 0 bridgehead atoms. The maximum Gasteiger partial charge on any atom is 0.0231 e. The van der Waals surface area contributed by atoms with Crippen LogP contribution in [0.5, 0.6) is 0 Å². The fraction of sp³-hybridized carbons (Fsp3) is 0.294. The van der Waals surface area contributed by atoms with E-state index in [1.807, 2.05) is 11.8 Å². The standard InChI is InChI=1S/C17H18BrNS/c1-12-3-2-4-15(9-12)20-16-8-5-13(17(18)10-16)11-19-14-6-7-14/h2-5,8-10,14,19H,6-7,11H2,1H3. The molecular weight excluding hydrogens is 330 g/mol. The van der Waals surface area contributed by atoms with Gasteiger partial charge in [0.2, 0.25) is 0 Å². The molecule has 0 unspecified atom stereocenters. The van der Waals surface area contributed by atoms with Crippen LogP contribution in [0.25, 0.3) is 0 Å². The van der Waals surface area contributed by atoms with Crippen LogP contribution >= 0.6 is 27.7 Å².